The number of nitrogens with one attached hydrogen (secondary N) is 2. The third-order valence-electron chi connectivity index (χ3n) is 4.92. The summed E-state index contributed by atoms with van der Waals surface area (Å²) in [4.78, 5) is 16.7. The number of aromatic amines is 1. The van der Waals surface area contributed by atoms with Gasteiger partial charge in [-0.05, 0) is 11.6 Å². The number of nitrogens with zero attached hydrogens (tertiary/aromatic N) is 3. The molecule has 7 heteroatoms. The van der Waals surface area contributed by atoms with Gasteiger partial charge in [0.2, 0.25) is 0 Å². The van der Waals surface area contributed by atoms with Gasteiger partial charge in [0.1, 0.15) is 0 Å². The van der Waals surface area contributed by atoms with Crippen molar-refractivity contribution < 1.29 is 9.53 Å². The van der Waals surface area contributed by atoms with Crippen molar-refractivity contribution in [3.63, 3.8) is 0 Å². The summed E-state index contributed by atoms with van der Waals surface area (Å²) in [6, 6.07) is 12.5. The Morgan fingerprint density at radius 3 is 2.96 bits per heavy atom. The van der Waals surface area contributed by atoms with Gasteiger partial charge in [-0.15, -0.1) is 0 Å². The first-order chi connectivity index (χ1) is 12.3. The number of morpholine rings is 1. The highest BCUT2D eigenvalue weighted by Gasteiger charge is 2.41. The average Bonchev–Trinajstić information content (AvgIpc) is 3.30. The molecule has 0 radical (unpaired) electrons. The van der Waals surface area contributed by atoms with Crippen LogP contribution in [0.2, 0.25) is 0 Å². The van der Waals surface area contributed by atoms with Crippen LogP contribution >= 0.6 is 0 Å². The molecule has 0 saturated carbocycles. The lowest BCUT2D eigenvalue weighted by Crippen LogP contribution is -2.50. The van der Waals surface area contributed by atoms with Gasteiger partial charge in [0, 0.05) is 25.8 Å². The van der Waals surface area contributed by atoms with Crippen molar-refractivity contribution in [3.05, 3.63) is 53.9 Å². The maximum atomic E-state index is 12.5. The van der Waals surface area contributed by atoms with E-state index < -0.39 is 0 Å². The lowest BCUT2D eigenvalue weighted by atomic mass is 10.1. The Balaban J connectivity index is 1.36. The number of aromatic nitrogens is 2. The number of H-pyrrole nitrogens is 1. The average molecular weight is 341 g/mol. The Morgan fingerprint density at radius 2 is 2.16 bits per heavy atom. The first-order valence-electron chi connectivity index (χ1n) is 8.70. The molecule has 132 valence electrons. The summed E-state index contributed by atoms with van der Waals surface area (Å²) in [5.41, 5.74) is 2.19. The van der Waals surface area contributed by atoms with Crippen molar-refractivity contribution in [1.82, 2.24) is 25.3 Å². The molecule has 2 aliphatic rings. The van der Waals surface area contributed by atoms with Crippen LogP contribution in [-0.4, -0.2) is 64.4 Å². The molecular weight excluding hydrogens is 318 g/mol. The first kappa shape index (κ1) is 16.1. The van der Waals surface area contributed by atoms with E-state index in [1.54, 1.807) is 6.20 Å². The van der Waals surface area contributed by atoms with E-state index in [4.69, 9.17) is 4.74 Å². The molecule has 2 unspecified atom stereocenters. The zero-order chi connectivity index (χ0) is 17.1. The molecule has 7 nitrogen and oxygen atoms in total. The minimum absolute atomic E-state index is 0.0488. The molecule has 0 bridgehead atoms. The molecule has 0 aliphatic carbocycles. The number of likely N-dealkylation sites (tertiary alicyclic amines) is 1. The zero-order valence-electron chi connectivity index (χ0n) is 14.1. The maximum absolute atomic E-state index is 12.5. The van der Waals surface area contributed by atoms with Crippen LogP contribution in [0.25, 0.3) is 0 Å². The van der Waals surface area contributed by atoms with Crippen molar-refractivity contribution in [2.45, 2.75) is 25.2 Å². The van der Waals surface area contributed by atoms with E-state index in [9.17, 15) is 4.79 Å². The van der Waals surface area contributed by atoms with Gasteiger partial charge in [0.05, 0.1) is 37.5 Å². The molecule has 3 heterocycles. The summed E-state index contributed by atoms with van der Waals surface area (Å²) in [6.45, 7) is 4.32. The van der Waals surface area contributed by atoms with Crippen LogP contribution in [0, 0.1) is 0 Å². The highest BCUT2D eigenvalue weighted by molar-refractivity contribution is 5.74. The fourth-order valence-electron chi connectivity index (χ4n) is 3.60. The second kappa shape index (κ2) is 7.25. The maximum Gasteiger partial charge on any atom is 0.317 e. The van der Waals surface area contributed by atoms with E-state index in [1.807, 2.05) is 17.0 Å². The highest BCUT2D eigenvalue weighted by atomic mass is 16.5. The minimum Gasteiger partial charge on any atom is -0.373 e. The van der Waals surface area contributed by atoms with E-state index in [-0.39, 0.29) is 18.2 Å². The smallest absolute Gasteiger partial charge is 0.317 e. The molecule has 4 rings (SSSR count). The van der Waals surface area contributed by atoms with Gasteiger partial charge in [-0.2, -0.15) is 5.10 Å². The number of carbonyl (C=O) groups excluding carboxylic acids is 1. The van der Waals surface area contributed by atoms with Crippen LogP contribution < -0.4 is 5.32 Å². The molecule has 2 aliphatic heterocycles. The molecule has 2 atom stereocenters. The van der Waals surface area contributed by atoms with Crippen LogP contribution in [-0.2, 0) is 17.8 Å². The number of fused-ring (bicyclic) bond motifs is 1. The van der Waals surface area contributed by atoms with Crippen molar-refractivity contribution in [2.24, 2.45) is 0 Å². The SMILES string of the molecule is O=C(NCc1ccn[nH]1)N1CC2OCCN(Cc3ccccc3)C2C1. The number of urea groups is 1. The van der Waals surface area contributed by atoms with Crippen molar-refractivity contribution in [1.29, 1.82) is 0 Å². The fraction of sp³-hybridized carbons (Fsp3) is 0.444. The molecule has 2 fully saturated rings. The van der Waals surface area contributed by atoms with E-state index in [0.717, 1.165) is 25.4 Å². The minimum atomic E-state index is -0.0488. The number of carbonyl (C=O) groups is 1. The summed E-state index contributed by atoms with van der Waals surface area (Å²) >= 11 is 0. The Morgan fingerprint density at radius 1 is 1.28 bits per heavy atom. The lowest BCUT2D eigenvalue weighted by molar-refractivity contribution is -0.0503. The zero-order valence-corrected chi connectivity index (χ0v) is 14.1. The number of amides is 2. The molecule has 1 aromatic heterocycles. The molecule has 0 spiro atoms. The fourth-order valence-corrected chi connectivity index (χ4v) is 3.60. The number of ether oxygens (including phenoxy) is 1. The summed E-state index contributed by atoms with van der Waals surface area (Å²) in [6.07, 6.45) is 1.77. The molecule has 2 amide bonds. The quantitative estimate of drug-likeness (QED) is 0.877. The predicted octanol–water partition coefficient (Wildman–Crippen LogP) is 1.20. The highest BCUT2D eigenvalue weighted by Crippen LogP contribution is 2.24. The summed E-state index contributed by atoms with van der Waals surface area (Å²) in [5, 5.41) is 9.68. The Hall–Kier alpha value is -2.38. The molecule has 2 saturated heterocycles. The van der Waals surface area contributed by atoms with E-state index in [2.05, 4.69) is 44.7 Å². The largest absolute Gasteiger partial charge is 0.373 e. The van der Waals surface area contributed by atoms with Gasteiger partial charge in [0.25, 0.3) is 0 Å². The Bertz CT molecular complexity index is 691. The number of hydrogen-bond donors (Lipinski definition) is 2. The molecule has 2 aromatic rings. The monoisotopic (exact) mass is 341 g/mol. The topological polar surface area (TPSA) is 73.5 Å². The number of hydrogen-bond acceptors (Lipinski definition) is 4. The van der Waals surface area contributed by atoms with Gasteiger partial charge in [-0.3, -0.25) is 10.00 Å². The standard InChI is InChI=1S/C18H23N5O2/c24-18(19-10-15-6-7-20-21-15)23-12-16-17(13-23)25-9-8-22(16)11-14-4-2-1-3-5-14/h1-7,16-17H,8-13H2,(H,19,24)(H,20,21). The van der Waals surface area contributed by atoms with E-state index >= 15 is 0 Å². The number of benzene rings is 1. The predicted molar refractivity (Wildman–Crippen MR) is 92.8 cm³/mol. The molecule has 1 aromatic carbocycles. The molecule has 25 heavy (non-hydrogen) atoms. The Kier molecular flexibility index (Phi) is 4.67. The van der Waals surface area contributed by atoms with Crippen molar-refractivity contribution in [3.8, 4) is 0 Å². The molecular formula is C18H23N5O2. The van der Waals surface area contributed by atoms with Gasteiger partial charge in [-0.1, -0.05) is 30.3 Å². The molecule has 2 N–H and O–H groups in total. The third kappa shape index (κ3) is 3.67. The van der Waals surface area contributed by atoms with Gasteiger partial charge >= 0.3 is 6.03 Å². The Labute approximate surface area is 147 Å². The van der Waals surface area contributed by atoms with Crippen LogP contribution in [0.4, 0.5) is 4.79 Å². The lowest BCUT2D eigenvalue weighted by Gasteiger charge is -2.36. The summed E-state index contributed by atoms with van der Waals surface area (Å²) < 4.78 is 5.92. The van der Waals surface area contributed by atoms with Crippen molar-refractivity contribution in [2.75, 3.05) is 26.2 Å². The van der Waals surface area contributed by atoms with Crippen LogP contribution in [0.5, 0.6) is 0 Å². The summed E-state index contributed by atoms with van der Waals surface area (Å²) in [7, 11) is 0. The van der Waals surface area contributed by atoms with E-state index in [0.29, 0.717) is 19.6 Å². The van der Waals surface area contributed by atoms with Gasteiger partial charge in [-0.25, -0.2) is 4.79 Å². The van der Waals surface area contributed by atoms with Crippen LogP contribution in [0.1, 0.15) is 11.3 Å². The normalized spacial score (nSPS) is 23.4. The van der Waals surface area contributed by atoms with E-state index in [1.165, 1.54) is 5.56 Å². The van der Waals surface area contributed by atoms with Gasteiger partial charge < -0.3 is 15.0 Å². The second-order valence-corrected chi connectivity index (χ2v) is 6.58. The second-order valence-electron chi connectivity index (χ2n) is 6.58. The summed E-state index contributed by atoms with van der Waals surface area (Å²) in [5.74, 6) is 0. The van der Waals surface area contributed by atoms with Crippen LogP contribution in [0.3, 0.4) is 0 Å². The first-order valence-corrected chi connectivity index (χ1v) is 8.70. The third-order valence-corrected chi connectivity index (χ3v) is 4.92. The van der Waals surface area contributed by atoms with Crippen molar-refractivity contribution >= 4 is 6.03 Å². The van der Waals surface area contributed by atoms with Gasteiger partial charge in [0.15, 0.2) is 0 Å². The van der Waals surface area contributed by atoms with Crippen LogP contribution in [0.15, 0.2) is 42.6 Å². The number of rotatable bonds is 4.